The highest BCUT2D eigenvalue weighted by Crippen LogP contribution is 2.19. The molecule has 0 radical (unpaired) electrons. The van der Waals surface area contributed by atoms with Crippen molar-refractivity contribution >= 4 is 17.4 Å². The quantitative estimate of drug-likeness (QED) is 0.787. The molecule has 1 aromatic carbocycles. The molecule has 1 heterocycles. The molecule has 0 saturated carbocycles. The number of nitrogens with zero attached hydrogens (tertiary/aromatic N) is 3. The van der Waals surface area contributed by atoms with Crippen molar-refractivity contribution in [2.45, 2.75) is 6.42 Å². The van der Waals surface area contributed by atoms with Gasteiger partial charge in [0.2, 0.25) is 0 Å². The van der Waals surface area contributed by atoms with Crippen molar-refractivity contribution < 1.29 is 9.18 Å². The predicted molar refractivity (Wildman–Crippen MR) is 60.4 cm³/mol. The highest BCUT2D eigenvalue weighted by atomic mass is 35.5. The van der Waals surface area contributed by atoms with Crippen LogP contribution in [0.5, 0.6) is 0 Å². The molecule has 17 heavy (non-hydrogen) atoms. The van der Waals surface area contributed by atoms with Gasteiger partial charge < -0.3 is 0 Å². The van der Waals surface area contributed by atoms with Gasteiger partial charge in [-0.1, -0.05) is 22.9 Å². The molecular formula is C11H9ClFN3O. The summed E-state index contributed by atoms with van der Waals surface area (Å²) in [6, 6.07) is 4.34. The fraction of sp³-hybridized carbons (Fsp3) is 0.182. The molecule has 0 fully saturated rings. The lowest BCUT2D eigenvalue weighted by molar-refractivity contribution is 0.0988. The first-order valence-electron chi connectivity index (χ1n) is 4.90. The number of ketones is 1. The maximum absolute atomic E-state index is 13.6. The first-order valence-corrected chi connectivity index (χ1v) is 5.28. The van der Waals surface area contributed by atoms with E-state index in [-0.39, 0.29) is 22.8 Å². The molecule has 0 spiro atoms. The van der Waals surface area contributed by atoms with E-state index < -0.39 is 5.82 Å². The van der Waals surface area contributed by atoms with Gasteiger partial charge in [0.05, 0.1) is 22.7 Å². The fourth-order valence-electron chi connectivity index (χ4n) is 1.46. The van der Waals surface area contributed by atoms with Gasteiger partial charge in [0.1, 0.15) is 0 Å². The first-order chi connectivity index (χ1) is 8.08. The first kappa shape index (κ1) is 11.7. The van der Waals surface area contributed by atoms with Gasteiger partial charge in [-0.2, -0.15) is 0 Å². The summed E-state index contributed by atoms with van der Waals surface area (Å²) in [5.74, 6) is -1.06. The van der Waals surface area contributed by atoms with E-state index in [0.29, 0.717) is 5.69 Å². The van der Waals surface area contributed by atoms with E-state index in [0.717, 1.165) is 0 Å². The third kappa shape index (κ3) is 2.50. The number of aryl methyl sites for hydroxylation is 1. The SMILES string of the molecule is Cn1cc(CC(=O)c2cccc(Cl)c2F)nn1. The summed E-state index contributed by atoms with van der Waals surface area (Å²) in [7, 11) is 1.70. The van der Waals surface area contributed by atoms with E-state index in [1.165, 1.54) is 22.9 Å². The lowest BCUT2D eigenvalue weighted by Gasteiger charge is -2.01. The van der Waals surface area contributed by atoms with Gasteiger partial charge in [-0.05, 0) is 12.1 Å². The number of hydrogen-bond donors (Lipinski definition) is 0. The number of rotatable bonds is 3. The average Bonchev–Trinajstić information content (AvgIpc) is 2.68. The Bertz CT molecular complexity index is 568. The maximum Gasteiger partial charge on any atom is 0.171 e. The normalized spacial score (nSPS) is 10.5. The lowest BCUT2D eigenvalue weighted by Crippen LogP contribution is -2.06. The molecule has 0 atom stereocenters. The van der Waals surface area contributed by atoms with Gasteiger partial charge >= 0.3 is 0 Å². The van der Waals surface area contributed by atoms with E-state index in [4.69, 9.17) is 11.6 Å². The molecular weight excluding hydrogens is 245 g/mol. The summed E-state index contributed by atoms with van der Waals surface area (Å²) in [5.41, 5.74) is 0.472. The predicted octanol–water partition coefficient (Wildman–Crippen LogP) is 2.03. The summed E-state index contributed by atoms with van der Waals surface area (Å²) in [5, 5.41) is 7.41. The summed E-state index contributed by atoms with van der Waals surface area (Å²) in [6.07, 6.45) is 1.62. The van der Waals surface area contributed by atoms with Crippen LogP contribution < -0.4 is 0 Å². The molecule has 0 amide bonds. The zero-order valence-corrected chi connectivity index (χ0v) is 9.78. The van der Waals surface area contributed by atoms with Gasteiger partial charge in [-0.15, -0.1) is 5.10 Å². The smallest absolute Gasteiger partial charge is 0.171 e. The largest absolute Gasteiger partial charge is 0.294 e. The van der Waals surface area contributed by atoms with Gasteiger partial charge in [0.25, 0.3) is 0 Å². The Kier molecular flexibility index (Phi) is 3.19. The minimum absolute atomic E-state index is 0.00506. The molecule has 6 heteroatoms. The molecule has 0 N–H and O–H groups in total. The van der Waals surface area contributed by atoms with Crippen LogP contribution in [-0.2, 0) is 13.5 Å². The van der Waals surface area contributed by atoms with Crippen molar-refractivity contribution in [1.82, 2.24) is 15.0 Å². The summed E-state index contributed by atoms with van der Waals surface area (Å²) in [4.78, 5) is 11.8. The zero-order chi connectivity index (χ0) is 12.4. The molecule has 2 aromatic rings. The second-order valence-corrected chi connectivity index (χ2v) is 3.99. The van der Waals surface area contributed by atoms with Crippen molar-refractivity contribution in [3.63, 3.8) is 0 Å². The van der Waals surface area contributed by atoms with Gasteiger partial charge in [-0.3, -0.25) is 9.48 Å². The zero-order valence-electron chi connectivity index (χ0n) is 9.02. The Morgan fingerprint density at radius 2 is 2.29 bits per heavy atom. The van der Waals surface area contributed by atoms with Gasteiger partial charge in [0.15, 0.2) is 11.6 Å². The third-order valence-corrected chi connectivity index (χ3v) is 2.54. The standard InChI is InChI=1S/C11H9ClFN3O/c1-16-6-7(14-15-16)5-10(17)8-3-2-4-9(12)11(8)13/h2-4,6H,5H2,1H3. The highest BCUT2D eigenvalue weighted by Gasteiger charge is 2.15. The van der Waals surface area contributed by atoms with Crippen molar-refractivity contribution in [2.24, 2.45) is 7.05 Å². The molecule has 0 saturated heterocycles. The molecule has 1 aromatic heterocycles. The van der Waals surface area contributed by atoms with Crippen LogP contribution in [0.15, 0.2) is 24.4 Å². The van der Waals surface area contributed by atoms with E-state index >= 15 is 0 Å². The van der Waals surface area contributed by atoms with Crippen molar-refractivity contribution in [1.29, 1.82) is 0 Å². The van der Waals surface area contributed by atoms with Crippen LogP contribution in [0, 0.1) is 5.82 Å². The van der Waals surface area contributed by atoms with E-state index in [1.54, 1.807) is 13.2 Å². The second kappa shape index (κ2) is 4.63. The molecule has 4 nitrogen and oxygen atoms in total. The third-order valence-electron chi connectivity index (χ3n) is 2.24. The Morgan fingerprint density at radius 1 is 1.53 bits per heavy atom. The minimum atomic E-state index is -0.692. The molecule has 0 bridgehead atoms. The molecule has 0 aliphatic carbocycles. The maximum atomic E-state index is 13.6. The Hall–Kier alpha value is -1.75. The fourth-order valence-corrected chi connectivity index (χ4v) is 1.63. The number of carbonyl (C=O) groups excluding carboxylic acids is 1. The number of benzene rings is 1. The van der Waals surface area contributed by atoms with E-state index in [2.05, 4.69) is 10.3 Å². The van der Waals surface area contributed by atoms with E-state index in [9.17, 15) is 9.18 Å². The van der Waals surface area contributed by atoms with E-state index in [1.807, 2.05) is 0 Å². The highest BCUT2D eigenvalue weighted by molar-refractivity contribution is 6.31. The summed E-state index contributed by atoms with van der Waals surface area (Å²) in [6.45, 7) is 0. The summed E-state index contributed by atoms with van der Waals surface area (Å²) < 4.78 is 15.0. The molecule has 2 rings (SSSR count). The van der Waals surface area contributed by atoms with Crippen molar-refractivity contribution in [3.8, 4) is 0 Å². The number of carbonyl (C=O) groups is 1. The van der Waals surface area contributed by atoms with Crippen LogP contribution >= 0.6 is 11.6 Å². The lowest BCUT2D eigenvalue weighted by atomic mass is 10.1. The Balaban J connectivity index is 2.23. The van der Waals surface area contributed by atoms with Crippen LogP contribution in [-0.4, -0.2) is 20.8 Å². The number of Topliss-reactive ketones (excluding diaryl/α,β-unsaturated/α-hetero) is 1. The minimum Gasteiger partial charge on any atom is -0.294 e. The molecule has 0 aliphatic rings. The monoisotopic (exact) mass is 253 g/mol. The van der Waals surface area contributed by atoms with Crippen molar-refractivity contribution in [2.75, 3.05) is 0 Å². The van der Waals surface area contributed by atoms with Gasteiger partial charge in [0, 0.05) is 13.2 Å². The molecule has 0 aliphatic heterocycles. The number of hydrogen-bond acceptors (Lipinski definition) is 3. The second-order valence-electron chi connectivity index (χ2n) is 3.58. The topological polar surface area (TPSA) is 47.8 Å². The van der Waals surface area contributed by atoms with Crippen LogP contribution in [0.2, 0.25) is 5.02 Å². The molecule has 0 unspecified atom stereocenters. The average molecular weight is 254 g/mol. The van der Waals surface area contributed by atoms with Crippen LogP contribution in [0.3, 0.4) is 0 Å². The Morgan fingerprint density at radius 3 is 2.94 bits per heavy atom. The van der Waals surface area contributed by atoms with Crippen LogP contribution in [0.4, 0.5) is 4.39 Å². The number of halogens is 2. The van der Waals surface area contributed by atoms with Crippen LogP contribution in [0.25, 0.3) is 0 Å². The molecule has 88 valence electrons. The van der Waals surface area contributed by atoms with Gasteiger partial charge in [-0.25, -0.2) is 4.39 Å². The number of aromatic nitrogens is 3. The van der Waals surface area contributed by atoms with Crippen molar-refractivity contribution in [3.05, 3.63) is 46.5 Å². The van der Waals surface area contributed by atoms with Crippen LogP contribution in [0.1, 0.15) is 16.1 Å². The Labute approximate surface area is 102 Å². The summed E-state index contributed by atoms with van der Waals surface area (Å²) >= 11 is 5.61.